The van der Waals surface area contributed by atoms with Gasteiger partial charge in [0.05, 0.1) is 17.6 Å². The fraction of sp³-hybridized carbons (Fsp3) is 0.500. The van der Waals surface area contributed by atoms with Crippen LogP contribution in [0.2, 0.25) is 0 Å². The van der Waals surface area contributed by atoms with Gasteiger partial charge in [0.25, 0.3) is 0 Å². The molecule has 1 aromatic carbocycles. The van der Waals surface area contributed by atoms with Crippen LogP contribution in [0.15, 0.2) is 17.0 Å². The standard InChI is InChI=1S/C12H19FN2O3S/c1-8(2)18-5-4-15-19(16,17)10-6-11(13)9(3)12(14)7-10/h6-8,15H,4-5,14H2,1-3H3. The first-order chi connectivity index (χ1) is 8.74. The van der Waals surface area contributed by atoms with E-state index in [2.05, 4.69) is 4.72 Å². The molecule has 0 atom stereocenters. The summed E-state index contributed by atoms with van der Waals surface area (Å²) < 4.78 is 44.8. The molecule has 0 bridgehead atoms. The Balaban J connectivity index is 2.78. The van der Waals surface area contributed by atoms with E-state index in [0.717, 1.165) is 6.07 Å². The number of hydrogen-bond donors (Lipinski definition) is 2. The van der Waals surface area contributed by atoms with E-state index in [1.807, 2.05) is 13.8 Å². The third-order valence-electron chi connectivity index (χ3n) is 2.51. The van der Waals surface area contributed by atoms with Crippen molar-refractivity contribution in [3.05, 3.63) is 23.5 Å². The molecule has 0 saturated carbocycles. The lowest BCUT2D eigenvalue weighted by Gasteiger charge is -2.11. The first-order valence-electron chi connectivity index (χ1n) is 5.91. The maximum atomic E-state index is 13.5. The number of ether oxygens (including phenoxy) is 1. The molecule has 19 heavy (non-hydrogen) atoms. The normalized spacial score (nSPS) is 12.1. The summed E-state index contributed by atoms with van der Waals surface area (Å²) in [4.78, 5) is -0.183. The summed E-state index contributed by atoms with van der Waals surface area (Å²) in [6.07, 6.45) is 0.0250. The Hall–Kier alpha value is -1.18. The van der Waals surface area contributed by atoms with Crippen molar-refractivity contribution < 1.29 is 17.5 Å². The number of rotatable bonds is 6. The van der Waals surface area contributed by atoms with E-state index in [1.54, 1.807) is 0 Å². The predicted octanol–water partition coefficient (Wildman–Crippen LogP) is 1.42. The highest BCUT2D eigenvalue weighted by Gasteiger charge is 2.17. The molecule has 0 unspecified atom stereocenters. The van der Waals surface area contributed by atoms with Gasteiger partial charge >= 0.3 is 0 Å². The van der Waals surface area contributed by atoms with Gasteiger partial charge in [0.15, 0.2) is 0 Å². The molecule has 0 saturated heterocycles. The van der Waals surface area contributed by atoms with Gasteiger partial charge in [0.1, 0.15) is 5.82 Å². The van der Waals surface area contributed by atoms with Crippen LogP contribution in [0.3, 0.4) is 0 Å². The van der Waals surface area contributed by atoms with Gasteiger partial charge in [-0.15, -0.1) is 0 Å². The van der Waals surface area contributed by atoms with Crippen LogP contribution in [0.5, 0.6) is 0 Å². The molecule has 0 aliphatic carbocycles. The molecular weight excluding hydrogens is 271 g/mol. The average molecular weight is 290 g/mol. The van der Waals surface area contributed by atoms with E-state index in [4.69, 9.17) is 10.5 Å². The SMILES string of the molecule is Cc1c(N)cc(S(=O)(=O)NCCOC(C)C)cc1F. The molecule has 1 rings (SSSR count). The van der Waals surface area contributed by atoms with Gasteiger partial charge < -0.3 is 10.5 Å². The van der Waals surface area contributed by atoms with Crippen molar-refractivity contribution in [1.82, 2.24) is 4.72 Å². The second-order valence-corrected chi connectivity index (χ2v) is 6.20. The Labute approximate surface area is 113 Å². The minimum Gasteiger partial charge on any atom is -0.398 e. The van der Waals surface area contributed by atoms with Crippen LogP contribution < -0.4 is 10.5 Å². The minimum atomic E-state index is -3.77. The zero-order valence-electron chi connectivity index (χ0n) is 11.2. The van der Waals surface area contributed by atoms with Crippen LogP contribution >= 0.6 is 0 Å². The van der Waals surface area contributed by atoms with E-state index < -0.39 is 15.8 Å². The summed E-state index contributed by atoms with van der Waals surface area (Å²) in [6.45, 7) is 5.57. The number of sulfonamides is 1. The van der Waals surface area contributed by atoms with Crippen LogP contribution in [0, 0.1) is 12.7 Å². The van der Waals surface area contributed by atoms with E-state index in [-0.39, 0.29) is 35.4 Å². The lowest BCUT2D eigenvalue weighted by atomic mass is 10.2. The maximum absolute atomic E-state index is 13.5. The van der Waals surface area contributed by atoms with Crippen molar-refractivity contribution in [1.29, 1.82) is 0 Å². The highest BCUT2D eigenvalue weighted by Crippen LogP contribution is 2.20. The van der Waals surface area contributed by atoms with Crippen LogP contribution in [0.4, 0.5) is 10.1 Å². The van der Waals surface area contributed by atoms with E-state index in [9.17, 15) is 12.8 Å². The fourth-order valence-corrected chi connectivity index (χ4v) is 2.44. The molecule has 0 heterocycles. The number of halogens is 1. The molecule has 0 aromatic heterocycles. The van der Waals surface area contributed by atoms with Gasteiger partial charge in [-0.1, -0.05) is 0 Å². The fourth-order valence-electron chi connectivity index (χ4n) is 1.38. The van der Waals surface area contributed by atoms with Crippen molar-refractivity contribution >= 4 is 15.7 Å². The van der Waals surface area contributed by atoms with Crippen LogP contribution in [0.25, 0.3) is 0 Å². The lowest BCUT2D eigenvalue weighted by Crippen LogP contribution is -2.28. The zero-order valence-corrected chi connectivity index (χ0v) is 12.1. The van der Waals surface area contributed by atoms with Crippen molar-refractivity contribution in [2.45, 2.75) is 31.8 Å². The number of benzene rings is 1. The maximum Gasteiger partial charge on any atom is 0.240 e. The van der Waals surface area contributed by atoms with Crippen molar-refractivity contribution in [3.8, 4) is 0 Å². The van der Waals surface area contributed by atoms with Gasteiger partial charge in [-0.25, -0.2) is 17.5 Å². The summed E-state index contributed by atoms with van der Waals surface area (Å²) in [5.74, 6) is -0.640. The second kappa shape index (κ2) is 6.31. The monoisotopic (exact) mass is 290 g/mol. The van der Waals surface area contributed by atoms with E-state index >= 15 is 0 Å². The second-order valence-electron chi connectivity index (χ2n) is 4.44. The Morgan fingerprint density at radius 2 is 2.05 bits per heavy atom. The summed E-state index contributed by atoms with van der Waals surface area (Å²) >= 11 is 0. The first kappa shape index (κ1) is 15.9. The van der Waals surface area contributed by atoms with Crippen LogP contribution in [-0.2, 0) is 14.8 Å². The lowest BCUT2D eigenvalue weighted by molar-refractivity contribution is 0.0834. The summed E-state index contributed by atoms with van der Waals surface area (Å²) in [5, 5.41) is 0. The summed E-state index contributed by atoms with van der Waals surface area (Å²) in [5.41, 5.74) is 5.90. The van der Waals surface area contributed by atoms with Crippen molar-refractivity contribution in [2.24, 2.45) is 0 Å². The van der Waals surface area contributed by atoms with E-state index in [1.165, 1.54) is 13.0 Å². The molecule has 3 N–H and O–H groups in total. The van der Waals surface area contributed by atoms with Crippen LogP contribution in [0.1, 0.15) is 19.4 Å². The number of nitrogens with one attached hydrogen (secondary N) is 1. The molecule has 0 radical (unpaired) electrons. The Kier molecular flexibility index (Phi) is 5.28. The van der Waals surface area contributed by atoms with Gasteiger partial charge in [0, 0.05) is 17.8 Å². The Bertz CT molecular complexity index is 521. The number of anilines is 1. The van der Waals surface area contributed by atoms with Crippen molar-refractivity contribution in [3.63, 3.8) is 0 Å². The van der Waals surface area contributed by atoms with Crippen LogP contribution in [-0.4, -0.2) is 27.7 Å². The Morgan fingerprint density at radius 3 is 2.58 bits per heavy atom. The molecule has 0 amide bonds. The van der Waals surface area contributed by atoms with Gasteiger partial charge in [0.2, 0.25) is 10.0 Å². The molecular formula is C12H19FN2O3S. The number of hydrogen-bond acceptors (Lipinski definition) is 4. The van der Waals surface area contributed by atoms with Gasteiger partial charge in [-0.05, 0) is 32.9 Å². The summed E-state index contributed by atoms with van der Waals surface area (Å²) in [7, 11) is -3.77. The molecule has 1 aromatic rings. The predicted molar refractivity (Wildman–Crippen MR) is 71.8 cm³/mol. The minimum absolute atomic E-state index is 0.0250. The molecule has 0 aliphatic heterocycles. The largest absolute Gasteiger partial charge is 0.398 e. The highest BCUT2D eigenvalue weighted by atomic mass is 32.2. The molecule has 0 aliphatic rings. The highest BCUT2D eigenvalue weighted by molar-refractivity contribution is 7.89. The van der Waals surface area contributed by atoms with Crippen molar-refractivity contribution in [2.75, 3.05) is 18.9 Å². The average Bonchev–Trinajstić information content (AvgIpc) is 2.31. The first-order valence-corrected chi connectivity index (χ1v) is 7.39. The molecule has 108 valence electrons. The Morgan fingerprint density at radius 1 is 1.42 bits per heavy atom. The zero-order chi connectivity index (χ0) is 14.6. The molecule has 0 fully saturated rings. The summed E-state index contributed by atoms with van der Waals surface area (Å²) in [6, 6.07) is 2.20. The topological polar surface area (TPSA) is 81.4 Å². The number of nitrogen functional groups attached to an aromatic ring is 1. The third kappa shape index (κ3) is 4.45. The quantitative estimate of drug-likeness (QED) is 0.613. The molecule has 7 heteroatoms. The third-order valence-corrected chi connectivity index (χ3v) is 3.95. The molecule has 0 spiro atoms. The van der Waals surface area contributed by atoms with E-state index in [0.29, 0.717) is 0 Å². The molecule has 5 nitrogen and oxygen atoms in total. The van der Waals surface area contributed by atoms with Gasteiger partial charge in [-0.3, -0.25) is 0 Å². The number of nitrogens with two attached hydrogens (primary N) is 1. The van der Waals surface area contributed by atoms with Gasteiger partial charge in [-0.2, -0.15) is 0 Å². The smallest absolute Gasteiger partial charge is 0.240 e.